The van der Waals surface area contributed by atoms with Gasteiger partial charge in [0.15, 0.2) is 10.7 Å². The fourth-order valence-corrected chi connectivity index (χ4v) is 1.94. The maximum Gasteiger partial charge on any atom is 0.184 e. The maximum atomic E-state index is 10.6. The SMILES string of the molecule is N=C(/C=C1\NCCO[C@@H]1C1CC1)[SH](=O)=O. The summed E-state index contributed by atoms with van der Waals surface area (Å²) in [5.74, 6) is 0.501. The van der Waals surface area contributed by atoms with Gasteiger partial charge in [-0.3, -0.25) is 5.41 Å². The molecule has 0 spiro atoms. The predicted molar refractivity (Wildman–Crippen MR) is 56.6 cm³/mol. The minimum absolute atomic E-state index is 0.0333. The number of nitrogens with one attached hydrogen (secondary N) is 2. The van der Waals surface area contributed by atoms with Crippen LogP contribution in [0.3, 0.4) is 0 Å². The molecule has 2 fully saturated rings. The summed E-state index contributed by atoms with van der Waals surface area (Å²) in [6.07, 6.45) is 3.59. The molecule has 1 heterocycles. The fraction of sp³-hybridized carbons (Fsp3) is 0.667. The Kier molecular flexibility index (Phi) is 3.06. The highest BCUT2D eigenvalue weighted by Crippen LogP contribution is 2.37. The van der Waals surface area contributed by atoms with Crippen molar-refractivity contribution in [1.82, 2.24) is 5.32 Å². The van der Waals surface area contributed by atoms with Gasteiger partial charge >= 0.3 is 0 Å². The quantitative estimate of drug-likeness (QED) is 0.350. The molecule has 0 aromatic rings. The summed E-state index contributed by atoms with van der Waals surface area (Å²) in [4.78, 5) is 0. The molecule has 84 valence electrons. The van der Waals surface area contributed by atoms with Gasteiger partial charge in [0.1, 0.15) is 5.04 Å². The molecule has 15 heavy (non-hydrogen) atoms. The van der Waals surface area contributed by atoms with E-state index in [9.17, 15) is 8.42 Å². The molecular formula is C9H14N2O3S. The van der Waals surface area contributed by atoms with Crippen molar-refractivity contribution in [1.29, 1.82) is 5.41 Å². The van der Waals surface area contributed by atoms with Crippen molar-refractivity contribution in [2.75, 3.05) is 13.2 Å². The molecule has 1 aliphatic heterocycles. The van der Waals surface area contributed by atoms with Gasteiger partial charge in [0, 0.05) is 12.2 Å². The molecule has 0 unspecified atom stereocenters. The molecule has 1 saturated heterocycles. The second-order valence-corrected chi connectivity index (χ2v) is 4.79. The first kappa shape index (κ1) is 10.6. The van der Waals surface area contributed by atoms with E-state index in [-0.39, 0.29) is 11.1 Å². The zero-order chi connectivity index (χ0) is 10.8. The topological polar surface area (TPSA) is 79.2 Å². The molecule has 6 heteroatoms. The van der Waals surface area contributed by atoms with E-state index < -0.39 is 10.7 Å². The third-order valence-electron chi connectivity index (χ3n) is 2.57. The van der Waals surface area contributed by atoms with E-state index in [1.54, 1.807) is 0 Å². The predicted octanol–water partition coefficient (Wildman–Crippen LogP) is -0.143. The second-order valence-electron chi connectivity index (χ2n) is 3.80. The van der Waals surface area contributed by atoms with E-state index in [0.717, 1.165) is 18.5 Å². The first-order valence-corrected chi connectivity index (χ1v) is 6.16. The zero-order valence-corrected chi connectivity index (χ0v) is 9.13. The molecule has 0 bridgehead atoms. The summed E-state index contributed by atoms with van der Waals surface area (Å²) in [5, 5.41) is 10.0. The van der Waals surface area contributed by atoms with E-state index in [1.165, 1.54) is 6.08 Å². The minimum atomic E-state index is -2.79. The van der Waals surface area contributed by atoms with Gasteiger partial charge in [-0.15, -0.1) is 0 Å². The van der Waals surface area contributed by atoms with Gasteiger partial charge in [-0.2, -0.15) is 0 Å². The Labute approximate surface area is 90.0 Å². The molecule has 0 aromatic heterocycles. The average molecular weight is 230 g/mol. The van der Waals surface area contributed by atoms with E-state index in [4.69, 9.17) is 10.1 Å². The Bertz CT molecular complexity index is 364. The summed E-state index contributed by atoms with van der Waals surface area (Å²) in [6.45, 7) is 1.33. The van der Waals surface area contributed by atoms with Gasteiger partial charge in [-0.25, -0.2) is 8.42 Å². The molecule has 1 aliphatic carbocycles. The van der Waals surface area contributed by atoms with Crippen molar-refractivity contribution < 1.29 is 13.2 Å². The molecule has 0 aromatic carbocycles. The van der Waals surface area contributed by atoms with Crippen LogP contribution >= 0.6 is 0 Å². The van der Waals surface area contributed by atoms with E-state index in [0.29, 0.717) is 19.1 Å². The summed E-state index contributed by atoms with van der Waals surface area (Å²) >= 11 is 0. The molecule has 5 nitrogen and oxygen atoms in total. The van der Waals surface area contributed by atoms with Gasteiger partial charge in [0.25, 0.3) is 0 Å². The van der Waals surface area contributed by atoms with Crippen LogP contribution in [0.1, 0.15) is 12.8 Å². The van der Waals surface area contributed by atoms with Crippen molar-refractivity contribution in [2.45, 2.75) is 18.9 Å². The first-order valence-electron chi connectivity index (χ1n) is 4.98. The van der Waals surface area contributed by atoms with E-state index in [1.807, 2.05) is 0 Å². The van der Waals surface area contributed by atoms with Crippen molar-refractivity contribution in [3.63, 3.8) is 0 Å². The van der Waals surface area contributed by atoms with Crippen LogP contribution in [0.15, 0.2) is 11.8 Å². The van der Waals surface area contributed by atoms with Crippen molar-refractivity contribution in [3.05, 3.63) is 11.8 Å². The molecule has 2 N–H and O–H groups in total. The van der Waals surface area contributed by atoms with Gasteiger partial charge in [0.05, 0.1) is 12.7 Å². The van der Waals surface area contributed by atoms with Crippen molar-refractivity contribution >= 4 is 15.7 Å². The number of hydrogen-bond donors (Lipinski definition) is 3. The molecule has 1 saturated carbocycles. The third kappa shape index (κ3) is 2.57. The Morgan fingerprint density at radius 1 is 1.53 bits per heavy atom. The van der Waals surface area contributed by atoms with Crippen LogP contribution in [-0.4, -0.2) is 32.7 Å². The zero-order valence-electron chi connectivity index (χ0n) is 8.23. The number of thiol groups is 1. The molecule has 0 amide bonds. The first-order chi connectivity index (χ1) is 7.18. The third-order valence-corrected chi connectivity index (χ3v) is 3.10. The van der Waals surface area contributed by atoms with Gasteiger partial charge in [-0.1, -0.05) is 0 Å². The lowest BCUT2D eigenvalue weighted by Crippen LogP contribution is -2.38. The largest absolute Gasteiger partial charge is 0.384 e. The lowest BCUT2D eigenvalue weighted by atomic mass is 10.1. The number of morpholine rings is 1. The monoisotopic (exact) mass is 230 g/mol. The lowest BCUT2D eigenvalue weighted by Gasteiger charge is -2.27. The standard InChI is InChI=1S/C9H14N2O3S/c10-8(15(12)13)5-7-9(6-1-2-6)14-4-3-11-7/h5-6,9-11,15H,1-4H2/b7-5-,10-8?/t9-/m1/s1. The highest BCUT2D eigenvalue weighted by molar-refractivity contribution is 7.89. The Hall–Kier alpha value is -0.880. The Balaban J connectivity index is 2.12. The average Bonchev–Trinajstić information content (AvgIpc) is 3.02. The molecule has 2 rings (SSSR count). The summed E-state index contributed by atoms with van der Waals surface area (Å²) in [7, 11) is -2.79. The highest BCUT2D eigenvalue weighted by Gasteiger charge is 2.36. The summed E-state index contributed by atoms with van der Waals surface area (Å²) < 4.78 is 26.7. The van der Waals surface area contributed by atoms with Crippen molar-refractivity contribution in [2.24, 2.45) is 5.92 Å². The van der Waals surface area contributed by atoms with Crippen LogP contribution in [0, 0.1) is 11.3 Å². The summed E-state index contributed by atoms with van der Waals surface area (Å²) in [5.41, 5.74) is 0.743. The van der Waals surface area contributed by atoms with Crippen LogP contribution in [-0.2, 0) is 15.4 Å². The van der Waals surface area contributed by atoms with Crippen molar-refractivity contribution in [3.8, 4) is 0 Å². The normalized spacial score (nSPS) is 29.1. The van der Waals surface area contributed by atoms with Gasteiger partial charge < -0.3 is 10.1 Å². The second kappa shape index (κ2) is 4.32. The number of ether oxygens (including phenoxy) is 1. The van der Waals surface area contributed by atoms with Crippen LogP contribution in [0.4, 0.5) is 0 Å². The molecule has 2 aliphatic rings. The highest BCUT2D eigenvalue weighted by atomic mass is 32.2. The Morgan fingerprint density at radius 3 is 2.87 bits per heavy atom. The van der Waals surface area contributed by atoms with E-state index >= 15 is 0 Å². The van der Waals surface area contributed by atoms with Gasteiger partial charge in [0.2, 0.25) is 0 Å². The van der Waals surface area contributed by atoms with Crippen LogP contribution in [0.2, 0.25) is 0 Å². The molecule has 1 atom stereocenters. The minimum Gasteiger partial charge on any atom is -0.384 e. The van der Waals surface area contributed by atoms with Crippen LogP contribution in [0.5, 0.6) is 0 Å². The number of rotatable bonds is 2. The molecule has 0 radical (unpaired) electrons. The maximum absolute atomic E-state index is 10.6. The smallest absolute Gasteiger partial charge is 0.184 e. The lowest BCUT2D eigenvalue weighted by molar-refractivity contribution is 0.0401. The Morgan fingerprint density at radius 2 is 2.27 bits per heavy atom. The summed E-state index contributed by atoms with van der Waals surface area (Å²) in [6, 6.07) is 0. The molecular weight excluding hydrogens is 216 g/mol. The fourth-order valence-electron chi connectivity index (χ4n) is 1.69. The van der Waals surface area contributed by atoms with Crippen LogP contribution < -0.4 is 5.32 Å². The number of hydrogen-bond acceptors (Lipinski definition) is 5. The van der Waals surface area contributed by atoms with Crippen LogP contribution in [0.25, 0.3) is 0 Å². The van der Waals surface area contributed by atoms with Gasteiger partial charge in [-0.05, 0) is 24.8 Å². The van der Waals surface area contributed by atoms with E-state index in [2.05, 4.69) is 5.32 Å².